The van der Waals surface area contributed by atoms with Crippen LogP contribution in [0.15, 0.2) is 36.7 Å². The van der Waals surface area contributed by atoms with Crippen molar-refractivity contribution in [2.45, 2.75) is 50.5 Å². The molecule has 1 unspecified atom stereocenters. The lowest BCUT2D eigenvalue weighted by Gasteiger charge is -2.46. The van der Waals surface area contributed by atoms with Crippen molar-refractivity contribution in [3.63, 3.8) is 0 Å². The molecule has 1 N–H and O–H groups in total. The molecule has 5 rings (SSSR count). The number of carbonyl (C=O) groups excluding carboxylic acids is 2. The Morgan fingerprint density at radius 1 is 1.24 bits per heavy atom. The summed E-state index contributed by atoms with van der Waals surface area (Å²) in [5.74, 6) is 1.71. The quantitative estimate of drug-likeness (QED) is 0.720. The fraction of sp³-hybridized carbons (Fsp3) is 0.560. The molecule has 0 saturated carbocycles. The van der Waals surface area contributed by atoms with Crippen LogP contribution in [0.5, 0.6) is 5.75 Å². The number of carbonyl (C=O) groups is 2. The van der Waals surface area contributed by atoms with E-state index < -0.39 is 11.7 Å². The molecule has 0 aliphatic carbocycles. The summed E-state index contributed by atoms with van der Waals surface area (Å²) < 4.78 is 19.2. The summed E-state index contributed by atoms with van der Waals surface area (Å²) in [6, 6.07) is 7.63. The zero-order valence-electron chi connectivity index (χ0n) is 19.6. The second-order valence-electron chi connectivity index (χ2n) is 9.29. The van der Waals surface area contributed by atoms with Crippen molar-refractivity contribution in [3.05, 3.63) is 48.0 Å². The van der Waals surface area contributed by atoms with Crippen LogP contribution in [0.2, 0.25) is 0 Å². The van der Waals surface area contributed by atoms with Crippen LogP contribution in [-0.4, -0.2) is 65.8 Å². The Labute approximate surface area is 199 Å². The molecule has 2 amide bonds. The number of amides is 2. The van der Waals surface area contributed by atoms with Gasteiger partial charge in [0, 0.05) is 64.0 Å². The van der Waals surface area contributed by atoms with Crippen molar-refractivity contribution in [1.29, 1.82) is 0 Å². The van der Waals surface area contributed by atoms with Crippen molar-refractivity contribution in [3.8, 4) is 5.75 Å². The summed E-state index contributed by atoms with van der Waals surface area (Å²) in [5.41, 5.74) is 0.299. The van der Waals surface area contributed by atoms with E-state index in [9.17, 15) is 9.59 Å². The normalized spacial score (nSPS) is 22.3. The average molecular weight is 469 g/mol. The largest absolute Gasteiger partial charge is 0.497 e. The number of hydrogen-bond acceptors (Lipinski definition) is 6. The summed E-state index contributed by atoms with van der Waals surface area (Å²) in [4.78, 5) is 32.6. The summed E-state index contributed by atoms with van der Waals surface area (Å²) in [7, 11) is 1.62. The average Bonchev–Trinajstić information content (AvgIpc) is 3.38. The van der Waals surface area contributed by atoms with E-state index in [-0.39, 0.29) is 17.7 Å². The highest BCUT2D eigenvalue weighted by atomic mass is 16.5. The van der Waals surface area contributed by atoms with Crippen LogP contribution in [0.1, 0.15) is 37.1 Å². The van der Waals surface area contributed by atoms with Crippen LogP contribution < -0.4 is 10.1 Å². The van der Waals surface area contributed by atoms with Gasteiger partial charge in [-0.15, -0.1) is 0 Å². The number of fused-ring (bicyclic) bond motifs is 2. The van der Waals surface area contributed by atoms with Crippen LogP contribution in [0, 0.1) is 5.92 Å². The Kier molecular flexibility index (Phi) is 6.56. The molecule has 4 heterocycles. The zero-order chi connectivity index (χ0) is 23.5. The lowest BCUT2D eigenvalue weighted by atomic mass is 9.87. The van der Waals surface area contributed by atoms with E-state index in [2.05, 4.69) is 10.3 Å². The molecule has 2 fully saturated rings. The number of nitrogens with one attached hydrogen (secondary N) is 1. The number of nitrogens with zero attached hydrogens (tertiary/aromatic N) is 3. The molecule has 182 valence electrons. The number of rotatable bonds is 5. The van der Waals surface area contributed by atoms with E-state index in [1.54, 1.807) is 13.3 Å². The molecule has 1 aromatic heterocycles. The summed E-state index contributed by atoms with van der Waals surface area (Å²) in [6.45, 7) is 3.32. The standard InChI is InChI=1S/C25H32N4O5/c1-32-20-4-2-3-18(15-20)16-27-22(30)21-17-29-12-9-26-24(29)25(34-21)7-10-28(11-8-25)23(31)19-5-13-33-14-6-19/h2-4,9,12,15,19,21H,5-8,10-11,13-14,16-17H2,1H3,(H,27,30). The third-order valence-corrected chi connectivity index (χ3v) is 7.20. The maximum absolute atomic E-state index is 13.1. The molecular formula is C25H32N4O5. The number of aromatic nitrogens is 2. The van der Waals surface area contributed by atoms with E-state index in [0.717, 1.165) is 30.0 Å². The van der Waals surface area contributed by atoms with Gasteiger partial charge in [0.1, 0.15) is 17.2 Å². The van der Waals surface area contributed by atoms with Crippen molar-refractivity contribution in [2.75, 3.05) is 33.4 Å². The smallest absolute Gasteiger partial charge is 0.251 e. The number of methoxy groups -OCH3 is 1. The molecule has 1 atom stereocenters. The van der Waals surface area contributed by atoms with Gasteiger partial charge in [0.15, 0.2) is 6.10 Å². The molecule has 1 aromatic carbocycles. The highest BCUT2D eigenvalue weighted by molar-refractivity contribution is 5.81. The van der Waals surface area contributed by atoms with Crippen LogP contribution >= 0.6 is 0 Å². The number of hydrogen-bond donors (Lipinski definition) is 1. The van der Waals surface area contributed by atoms with Crippen LogP contribution in [0.3, 0.4) is 0 Å². The minimum Gasteiger partial charge on any atom is -0.497 e. The summed E-state index contributed by atoms with van der Waals surface area (Å²) in [6.07, 6.45) is 5.87. The first-order valence-corrected chi connectivity index (χ1v) is 12.0. The maximum atomic E-state index is 13.1. The molecule has 2 saturated heterocycles. The summed E-state index contributed by atoms with van der Waals surface area (Å²) >= 11 is 0. The SMILES string of the molecule is COc1cccc(CNC(=O)C2Cn3ccnc3C3(CCN(C(=O)C4CCOCC4)CC3)O2)c1. The van der Waals surface area contributed by atoms with Gasteiger partial charge in [0.05, 0.1) is 13.7 Å². The van der Waals surface area contributed by atoms with E-state index >= 15 is 0 Å². The fourth-order valence-electron chi connectivity index (χ4n) is 5.25. The molecule has 3 aliphatic heterocycles. The molecule has 9 heteroatoms. The van der Waals surface area contributed by atoms with Crippen molar-refractivity contribution >= 4 is 11.8 Å². The number of likely N-dealkylation sites (tertiary alicyclic amines) is 1. The van der Waals surface area contributed by atoms with Gasteiger partial charge < -0.3 is 29.0 Å². The predicted molar refractivity (Wildman–Crippen MR) is 123 cm³/mol. The first-order chi connectivity index (χ1) is 16.6. The Bertz CT molecular complexity index is 1020. The van der Waals surface area contributed by atoms with Gasteiger partial charge in [-0.2, -0.15) is 0 Å². The van der Waals surface area contributed by atoms with Crippen LogP contribution in [-0.2, 0) is 37.8 Å². The molecular weight excluding hydrogens is 436 g/mol. The van der Waals surface area contributed by atoms with Gasteiger partial charge in [-0.3, -0.25) is 9.59 Å². The lowest BCUT2D eigenvalue weighted by molar-refractivity contribution is -0.177. The van der Waals surface area contributed by atoms with Crippen LogP contribution in [0.25, 0.3) is 0 Å². The first-order valence-electron chi connectivity index (χ1n) is 12.0. The van der Waals surface area contributed by atoms with E-state index in [4.69, 9.17) is 14.2 Å². The zero-order valence-corrected chi connectivity index (χ0v) is 19.6. The molecule has 0 radical (unpaired) electrons. The highest BCUT2D eigenvalue weighted by Crippen LogP contribution is 2.40. The van der Waals surface area contributed by atoms with Crippen molar-refractivity contribution in [2.24, 2.45) is 5.92 Å². The second-order valence-corrected chi connectivity index (χ2v) is 9.29. The van der Waals surface area contributed by atoms with E-state index in [1.807, 2.05) is 39.9 Å². The highest BCUT2D eigenvalue weighted by Gasteiger charge is 2.48. The Hall–Kier alpha value is -2.91. The summed E-state index contributed by atoms with van der Waals surface area (Å²) in [5, 5.41) is 3.01. The lowest BCUT2D eigenvalue weighted by Crippen LogP contribution is -2.55. The number of ether oxygens (including phenoxy) is 3. The molecule has 3 aliphatic rings. The maximum Gasteiger partial charge on any atom is 0.251 e. The second kappa shape index (κ2) is 9.76. The number of imidazole rings is 1. The minimum atomic E-state index is -0.661. The topological polar surface area (TPSA) is 94.9 Å². The van der Waals surface area contributed by atoms with Crippen LogP contribution in [0.4, 0.5) is 0 Å². The van der Waals surface area contributed by atoms with Crippen molar-refractivity contribution in [1.82, 2.24) is 19.8 Å². The van der Waals surface area contributed by atoms with Gasteiger partial charge in [-0.25, -0.2) is 4.98 Å². The Morgan fingerprint density at radius 2 is 2.03 bits per heavy atom. The van der Waals surface area contributed by atoms with Gasteiger partial charge in [-0.05, 0) is 30.5 Å². The molecule has 2 aromatic rings. The Balaban J connectivity index is 1.24. The molecule has 1 spiro atoms. The monoisotopic (exact) mass is 468 g/mol. The molecule has 0 bridgehead atoms. The molecule has 9 nitrogen and oxygen atoms in total. The predicted octanol–water partition coefficient (Wildman–Crippen LogP) is 1.85. The third-order valence-electron chi connectivity index (χ3n) is 7.20. The van der Waals surface area contributed by atoms with Gasteiger partial charge >= 0.3 is 0 Å². The fourth-order valence-corrected chi connectivity index (χ4v) is 5.25. The van der Waals surface area contributed by atoms with Crippen molar-refractivity contribution < 1.29 is 23.8 Å². The number of benzene rings is 1. The van der Waals surface area contributed by atoms with Gasteiger partial charge in [0.2, 0.25) is 5.91 Å². The molecule has 34 heavy (non-hydrogen) atoms. The van der Waals surface area contributed by atoms with Gasteiger partial charge in [-0.1, -0.05) is 12.1 Å². The Morgan fingerprint density at radius 3 is 2.79 bits per heavy atom. The third kappa shape index (κ3) is 4.54. The van der Waals surface area contributed by atoms with E-state index in [0.29, 0.717) is 52.2 Å². The van der Waals surface area contributed by atoms with E-state index in [1.165, 1.54) is 0 Å². The first kappa shape index (κ1) is 22.9. The van der Waals surface area contributed by atoms with Gasteiger partial charge in [0.25, 0.3) is 5.91 Å². The minimum absolute atomic E-state index is 0.0483. The number of piperidine rings is 1.